The lowest BCUT2D eigenvalue weighted by atomic mass is 9.99. The topological polar surface area (TPSA) is 167 Å². The summed E-state index contributed by atoms with van der Waals surface area (Å²) in [7, 11) is 0. The number of rotatable bonds is 11. The Morgan fingerprint density at radius 1 is 0.957 bits per heavy atom. The summed E-state index contributed by atoms with van der Waals surface area (Å²) in [6.07, 6.45) is -6.44. The van der Waals surface area contributed by atoms with Gasteiger partial charge in [-0.1, -0.05) is 5.11 Å². The van der Waals surface area contributed by atoms with E-state index in [4.69, 9.17) is 29.6 Å². The van der Waals surface area contributed by atoms with Gasteiger partial charge in [0.15, 0.2) is 6.29 Å². The number of azide groups is 1. The van der Waals surface area contributed by atoms with Crippen molar-refractivity contribution in [2.45, 2.75) is 30.7 Å². The summed E-state index contributed by atoms with van der Waals surface area (Å²) in [6.45, 7) is 1.01. The minimum atomic E-state index is -1.46. The van der Waals surface area contributed by atoms with Gasteiger partial charge in [0, 0.05) is 11.5 Å². The molecule has 11 heteroatoms. The van der Waals surface area contributed by atoms with Gasteiger partial charge in [0.05, 0.1) is 39.6 Å². The van der Waals surface area contributed by atoms with Crippen LogP contribution in [0.15, 0.2) is 5.11 Å². The summed E-state index contributed by atoms with van der Waals surface area (Å²) in [5.74, 6) is 0. The molecule has 1 aliphatic heterocycles. The quantitative estimate of drug-likeness (QED) is 0.147. The van der Waals surface area contributed by atoms with Crippen LogP contribution in [0.5, 0.6) is 0 Å². The van der Waals surface area contributed by atoms with Crippen LogP contribution in [-0.2, 0) is 18.9 Å². The summed E-state index contributed by atoms with van der Waals surface area (Å²) in [4.78, 5) is 2.58. The van der Waals surface area contributed by atoms with E-state index in [9.17, 15) is 15.3 Å². The molecule has 0 radical (unpaired) electrons. The molecular weight excluding hydrogens is 314 g/mol. The lowest BCUT2D eigenvalue weighted by Crippen LogP contribution is -2.59. The first kappa shape index (κ1) is 20.0. The van der Waals surface area contributed by atoms with Gasteiger partial charge in [0.25, 0.3) is 0 Å². The second-order valence-electron chi connectivity index (χ2n) is 4.75. The summed E-state index contributed by atoms with van der Waals surface area (Å²) in [6, 6.07) is 0. The fourth-order valence-corrected chi connectivity index (χ4v) is 1.90. The Morgan fingerprint density at radius 2 is 1.61 bits per heavy atom. The highest BCUT2D eigenvalue weighted by atomic mass is 16.7. The van der Waals surface area contributed by atoms with Crippen molar-refractivity contribution in [2.75, 3.05) is 46.2 Å². The first-order valence-corrected chi connectivity index (χ1v) is 7.20. The molecule has 1 heterocycles. The molecule has 1 saturated heterocycles. The maximum absolute atomic E-state index is 9.73. The van der Waals surface area contributed by atoms with Crippen molar-refractivity contribution in [1.82, 2.24) is 0 Å². The Kier molecular flexibility index (Phi) is 10.0. The third-order valence-corrected chi connectivity index (χ3v) is 3.13. The zero-order valence-corrected chi connectivity index (χ0v) is 12.6. The average molecular weight is 337 g/mol. The summed E-state index contributed by atoms with van der Waals surface area (Å²) >= 11 is 0. The zero-order valence-electron chi connectivity index (χ0n) is 12.6. The van der Waals surface area contributed by atoms with E-state index in [0.29, 0.717) is 19.8 Å². The maximum atomic E-state index is 9.73. The molecule has 0 amide bonds. The first-order chi connectivity index (χ1) is 11.1. The number of ether oxygens (including phenoxy) is 4. The van der Waals surface area contributed by atoms with Crippen molar-refractivity contribution in [3.8, 4) is 0 Å². The van der Waals surface area contributed by atoms with Crippen LogP contribution in [0.3, 0.4) is 0 Å². The molecule has 23 heavy (non-hydrogen) atoms. The molecule has 1 aliphatic rings. The molecule has 0 aromatic rings. The smallest absolute Gasteiger partial charge is 0.186 e. The Labute approximate surface area is 133 Å². The largest absolute Gasteiger partial charge is 0.394 e. The molecule has 0 aromatic carbocycles. The molecule has 5 atom stereocenters. The van der Waals surface area contributed by atoms with E-state index in [-0.39, 0.29) is 19.8 Å². The van der Waals surface area contributed by atoms with Gasteiger partial charge in [-0.3, -0.25) is 0 Å². The molecule has 134 valence electrons. The van der Waals surface area contributed by atoms with Crippen molar-refractivity contribution >= 4 is 0 Å². The van der Waals surface area contributed by atoms with Gasteiger partial charge < -0.3 is 39.4 Å². The predicted octanol–water partition coefficient (Wildman–Crippen LogP) is -1.85. The molecule has 11 nitrogen and oxygen atoms in total. The van der Waals surface area contributed by atoms with Gasteiger partial charge in [0.2, 0.25) is 0 Å². The molecule has 0 spiro atoms. The fourth-order valence-electron chi connectivity index (χ4n) is 1.90. The molecular formula is C12H23N3O8. The Bertz CT molecular complexity index is 366. The van der Waals surface area contributed by atoms with Crippen LogP contribution in [-0.4, -0.2) is 97.3 Å². The van der Waals surface area contributed by atoms with Gasteiger partial charge in [-0.2, -0.15) is 0 Å². The van der Waals surface area contributed by atoms with E-state index < -0.39 is 37.3 Å². The molecule has 0 aromatic heterocycles. The third-order valence-electron chi connectivity index (χ3n) is 3.13. The highest BCUT2D eigenvalue weighted by molar-refractivity contribution is 4.88. The molecule has 5 unspecified atom stereocenters. The molecule has 1 fully saturated rings. The minimum Gasteiger partial charge on any atom is -0.394 e. The highest BCUT2D eigenvalue weighted by Gasteiger charge is 2.43. The molecule has 0 bridgehead atoms. The maximum Gasteiger partial charge on any atom is 0.186 e. The first-order valence-electron chi connectivity index (χ1n) is 7.20. The lowest BCUT2D eigenvalue weighted by Gasteiger charge is -2.39. The van der Waals surface area contributed by atoms with E-state index in [1.807, 2.05) is 0 Å². The zero-order chi connectivity index (χ0) is 17.1. The van der Waals surface area contributed by atoms with Crippen molar-refractivity contribution in [3.63, 3.8) is 0 Å². The standard InChI is InChI=1S/C12H23N3O8/c13-15-14-1-2-20-3-4-21-5-6-22-12-11(19)10(18)9(17)8(7-16)23-12/h8-12,16-19H,1-7H2. The van der Waals surface area contributed by atoms with Gasteiger partial charge >= 0.3 is 0 Å². The van der Waals surface area contributed by atoms with Crippen LogP contribution >= 0.6 is 0 Å². The normalized spacial score (nSPS) is 30.9. The summed E-state index contributed by atoms with van der Waals surface area (Å²) in [5, 5.41) is 41.2. The van der Waals surface area contributed by atoms with Crippen LogP contribution in [0.1, 0.15) is 0 Å². The Hall–Kier alpha value is -1.01. The van der Waals surface area contributed by atoms with Crippen LogP contribution in [0.4, 0.5) is 0 Å². The summed E-state index contributed by atoms with van der Waals surface area (Å²) in [5.41, 5.74) is 8.05. The lowest BCUT2D eigenvalue weighted by molar-refractivity contribution is -0.302. The fraction of sp³-hybridized carbons (Fsp3) is 1.00. The monoisotopic (exact) mass is 337 g/mol. The second-order valence-corrected chi connectivity index (χ2v) is 4.75. The average Bonchev–Trinajstić information content (AvgIpc) is 2.56. The van der Waals surface area contributed by atoms with Crippen LogP contribution in [0.25, 0.3) is 10.4 Å². The minimum absolute atomic E-state index is 0.0847. The van der Waals surface area contributed by atoms with Crippen LogP contribution in [0.2, 0.25) is 0 Å². The van der Waals surface area contributed by atoms with E-state index >= 15 is 0 Å². The number of aliphatic hydroxyl groups excluding tert-OH is 4. The number of nitrogens with zero attached hydrogens (tertiary/aromatic N) is 3. The van der Waals surface area contributed by atoms with E-state index in [1.54, 1.807) is 0 Å². The van der Waals surface area contributed by atoms with Crippen molar-refractivity contribution < 1.29 is 39.4 Å². The summed E-state index contributed by atoms with van der Waals surface area (Å²) < 4.78 is 20.7. The van der Waals surface area contributed by atoms with E-state index in [1.165, 1.54) is 0 Å². The molecule has 4 N–H and O–H groups in total. The van der Waals surface area contributed by atoms with Crippen LogP contribution < -0.4 is 0 Å². The number of aliphatic hydroxyl groups is 4. The van der Waals surface area contributed by atoms with Crippen molar-refractivity contribution in [3.05, 3.63) is 10.4 Å². The van der Waals surface area contributed by atoms with E-state index in [0.717, 1.165) is 0 Å². The van der Waals surface area contributed by atoms with E-state index in [2.05, 4.69) is 10.0 Å². The molecule has 0 saturated carbocycles. The van der Waals surface area contributed by atoms with Gasteiger partial charge in [-0.05, 0) is 5.53 Å². The molecule has 0 aliphatic carbocycles. The van der Waals surface area contributed by atoms with Crippen molar-refractivity contribution in [1.29, 1.82) is 0 Å². The van der Waals surface area contributed by atoms with Crippen molar-refractivity contribution in [2.24, 2.45) is 5.11 Å². The Balaban J connectivity index is 2.09. The SMILES string of the molecule is [N-]=[N+]=NCCOCCOCCOC1OC(CO)C(O)C(O)C1O. The predicted molar refractivity (Wildman–Crippen MR) is 75.4 cm³/mol. The Morgan fingerprint density at radius 3 is 2.26 bits per heavy atom. The number of hydrogen-bond donors (Lipinski definition) is 4. The van der Waals surface area contributed by atoms with Gasteiger partial charge in [-0.15, -0.1) is 0 Å². The highest BCUT2D eigenvalue weighted by Crippen LogP contribution is 2.21. The van der Waals surface area contributed by atoms with Gasteiger partial charge in [-0.25, -0.2) is 0 Å². The van der Waals surface area contributed by atoms with Crippen LogP contribution in [0, 0.1) is 0 Å². The second kappa shape index (κ2) is 11.5. The molecule has 1 rings (SSSR count). The van der Waals surface area contributed by atoms with Gasteiger partial charge in [0.1, 0.15) is 24.4 Å². The number of hydrogen-bond acceptors (Lipinski definition) is 9. The third kappa shape index (κ3) is 6.96.